The molecule has 1 aromatic heterocycles. The van der Waals surface area contributed by atoms with Crippen LogP contribution in [0.2, 0.25) is 0 Å². The van der Waals surface area contributed by atoms with E-state index in [1.165, 1.54) is 6.42 Å². The highest BCUT2D eigenvalue weighted by Gasteiger charge is 2.44. The Morgan fingerprint density at radius 3 is 2.52 bits per heavy atom. The van der Waals surface area contributed by atoms with E-state index in [0.29, 0.717) is 11.2 Å². The summed E-state index contributed by atoms with van der Waals surface area (Å²) in [5.41, 5.74) is -0.248. The molecule has 1 saturated carbocycles. The molecular formula is C17H20BrNO2. The standard InChI is InChI=1S/C17H20BrNO2/c18-11-15-12-19-16(21-15)17(20,13-7-3-1-4-8-13)14-9-5-2-6-10-14/h1,3-4,7-8,12,14,20H,2,5-6,9-11H2/t17-/m0/s1. The van der Waals surface area contributed by atoms with Gasteiger partial charge in [0.1, 0.15) is 5.76 Å². The van der Waals surface area contributed by atoms with Gasteiger partial charge in [-0.2, -0.15) is 0 Å². The van der Waals surface area contributed by atoms with E-state index in [1.54, 1.807) is 6.20 Å². The molecule has 0 radical (unpaired) electrons. The van der Waals surface area contributed by atoms with Crippen molar-refractivity contribution in [2.24, 2.45) is 5.92 Å². The lowest BCUT2D eigenvalue weighted by Gasteiger charge is -2.36. The van der Waals surface area contributed by atoms with Crippen molar-refractivity contribution in [2.75, 3.05) is 0 Å². The van der Waals surface area contributed by atoms with Crippen LogP contribution in [0.4, 0.5) is 0 Å². The van der Waals surface area contributed by atoms with Gasteiger partial charge in [0.25, 0.3) is 0 Å². The predicted octanol–water partition coefficient (Wildman–Crippen LogP) is 4.39. The number of aliphatic hydroxyl groups is 1. The first-order valence-corrected chi connectivity index (χ1v) is 8.66. The third kappa shape index (κ3) is 2.79. The van der Waals surface area contributed by atoms with E-state index in [2.05, 4.69) is 20.9 Å². The van der Waals surface area contributed by atoms with Gasteiger partial charge in [0.2, 0.25) is 5.89 Å². The normalized spacial score (nSPS) is 19.3. The van der Waals surface area contributed by atoms with Crippen molar-refractivity contribution in [3.8, 4) is 0 Å². The number of nitrogens with zero attached hydrogens (tertiary/aromatic N) is 1. The van der Waals surface area contributed by atoms with Crippen LogP contribution in [0, 0.1) is 5.92 Å². The first kappa shape index (κ1) is 14.8. The van der Waals surface area contributed by atoms with Crippen molar-refractivity contribution in [3.05, 3.63) is 53.7 Å². The molecule has 0 unspecified atom stereocenters. The zero-order valence-corrected chi connectivity index (χ0v) is 13.6. The summed E-state index contributed by atoms with van der Waals surface area (Å²) in [6.45, 7) is 0. The van der Waals surface area contributed by atoms with Crippen LogP contribution in [0.1, 0.15) is 49.3 Å². The molecule has 0 spiro atoms. The molecule has 2 aromatic rings. The Hall–Kier alpha value is -1.13. The summed E-state index contributed by atoms with van der Waals surface area (Å²) >= 11 is 3.37. The van der Waals surface area contributed by atoms with Crippen molar-refractivity contribution >= 4 is 15.9 Å². The minimum absolute atomic E-state index is 0.162. The first-order valence-electron chi connectivity index (χ1n) is 7.54. The summed E-state index contributed by atoms with van der Waals surface area (Å²) in [6.07, 6.45) is 7.28. The van der Waals surface area contributed by atoms with Crippen molar-refractivity contribution in [3.63, 3.8) is 0 Å². The second kappa shape index (κ2) is 6.32. The maximum atomic E-state index is 11.5. The topological polar surface area (TPSA) is 46.3 Å². The van der Waals surface area contributed by atoms with E-state index in [0.717, 1.165) is 37.0 Å². The molecule has 0 aliphatic heterocycles. The molecule has 1 fully saturated rings. The highest BCUT2D eigenvalue weighted by molar-refractivity contribution is 9.08. The quantitative estimate of drug-likeness (QED) is 0.832. The van der Waals surface area contributed by atoms with E-state index in [9.17, 15) is 5.11 Å². The zero-order chi connectivity index (χ0) is 14.7. The molecule has 1 heterocycles. The first-order chi connectivity index (χ1) is 10.2. The number of benzene rings is 1. The summed E-state index contributed by atoms with van der Waals surface area (Å²) in [7, 11) is 0. The smallest absolute Gasteiger partial charge is 0.231 e. The summed E-state index contributed by atoms with van der Waals surface area (Å²) in [5, 5.41) is 12.1. The monoisotopic (exact) mass is 349 g/mol. The van der Waals surface area contributed by atoms with E-state index in [-0.39, 0.29) is 5.92 Å². The lowest BCUT2D eigenvalue weighted by Crippen LogP contribution is -2.38. The van der Waals surface area contributed by atoms with Gasteiger partial charge < -0.3 is 9.52 Å². The molecule has 1 aliphatic carbocycles. The number of hydrogen-bond donors (Lipinski definition) is 1. The van der Waals surface area contributed by atoms with Gasteiger partial charge >= 0.3 is 0 Å². The maximum Gasteiger partial charge on any atom is 0.231 e. The van der Waals surface area contributed by atoms with Crippen LogP contribution < -0.4 is 0 Å². The molecule has 1 aliphatic rings. The number of hydrogen-bond acceptors (Lipinski definition) is 3. The van der Waals surface area contributed by atoms with Crippen molar-refractivity contribution in [1.82, 2.24) is 4.98 Å². The highest BCUT2D eigenvalue weighted by atomic mass is 79.9. The fourth-order valence-electron chi connectivity index (χ4n) is 3.29. The Bertz CT molecular complexity index is 577. The van der Waals surface area contributed by atoms with E-state index >= 15 is 0 Å². The minimum atomic E-state index is -1.12. The van der Waals surface area contributed by atoms with Gasteiger partial charge in [-0.3, -0.25) is 0 Å². The largest absolute Gasteiger partial charge is 0.441 e. The molecule has 3 nitrogen and oxygen atoms in total. The highest BCUT2D eigenvalue weighted by Crippen LogP contribution is 2.43. The fourth-order valence-corrected chi connectivity index (χ4v) is 3.55. The van der Waals surface area contributed by atoms with E-state index < -0.39 is 5.60 Å². The second-order valence-electron chi connectivity index (χ2n) is 5.73. The second-order valence-corrected chi connectivity index (χ2v) is 6.29. The summed E-state index contributed by atoms with van der Waals surface area (Å²) < 4.78 is 5.80. The predicted molar refractivity (Wildman–Crippen MR) is 85.1 cm³/mol. The van der Waals surface area contributed by atoms with Gasteiger partial charge in [-0.15, -0.1) is 0 Å². The van der Waals surface area contributed by atoms with Crippen molar-refractivity contribution < 1.29 is 9.52 Å². The maximum absolute atomic E-state index is 11.5. The molecule has 1 aromatic carbocycles. The van der Waals surface area contributed by atoms with Crippen LogP contribution in [0.15, 0.2) is 40.9 Å². The van der Waals surface area contributed by atoms with Crippen LogP contribution in [-0.4, -0.2) is 10.1 Å². The molecular weight excluding hydrogens is 330 g/mol. The number of halogens is 1. The Balaban J connectivity index is 2.05. The average Bonchev–Trinajstić information content (AvgIpc) is 3.05. The molecule has 3 rings (SSSR count). The average molecular weight is 350 g/mol. The SMILES string of the molecule is O[C@](c1ccccc1)(c1ncc(CBr)o1)C1CCCCC1. The molecule has 0 amide bonds. The van der Waals surface area contributed by atoms with Crippen LogP contribution in [0.25, 0.3) is 0 Å². The zero-order valence-electron chi connectivity index (χ0n) is 12.0. The lowest BCUT2D eigenvalue weighted by atomic mass is 9.73. The lowest BCUT2D eigenvalue weighted by molar-refractivity contribution is -0.0237. The molecule has 4 heteroatoms. The number of aromatic nitrogens is 1. The van der Waals surface area contributed by atoms with Crippen LogP contribution in [-0.2, 0) is 10.9 Å². The molecule has 1 N–H and O–H groups in total. The summed E-state index contributed by atoms with van der Waals surface area (Å²) in [4.78, 5) is 4.36. The van der Waals surface area contributed by atoms with Crippen LogP contribution in [0.3, 0.4) is 0 Å². The number of rotatable bonds is 4. The Labute approximate surface area is 133 Å². The third-order valence-corrected chi connectivity index (χ3v) is 4.97. The fraction of sp³-hybridized carbons (Fsp3) is 0.471. The van der Waals surface area contributed by atoms with E-state index in [1.807, 2.05) is 30.3 Å². The van der Waals surface area contributed by atoms with E-state index in [4.69, 9.17) is 4.42 Å². The Kier molecular flexibility index (Phi) is 4.45. The van der Waals surface area contributed by atoms with Crippen molar-refractivity contribution in [2.45, 2.75) is 43.0 Å². The molecule has 1 atom stereocenters. The third-order valence-electron chi connectivity index (χ3n) is 4.42. The molecule has 0 bridgehead atoms. The molecule has 112 valence electrons. The Morgan fingerprint density at radius 1 is 1.19 bits per heavy atom. The van der Waals surface area contributed by atoms with Crippen molar-refractivity contribution in [1.29, 1.82) is 0 Å². The summed E-state index contributed by atoms with van der Waals surface area (Å²) in [5.74, 6) is 1.33. The van der Waals surface area contributed by atoms with Gasteiger partial charge in [-0.25, -0.2) is 4.98 Å². The van der Waals surface area contributed by atoms with Gasteiger partial charge in [0, 0.05) is 5.92 Å². The Morgan fingerprint density at radius 2 is 1.90 bits per heavy atom. The number of alkyl halides is 1. The van der Waals surface area contributed by atoms with Gasteiger partial charge in [-0.05, 0) is 18.4 Å². The van der Waals surface area contributed by atoms with Gasteiger partial charge in [-0.1, -0.05) is 65.5 Å². The molecule has 0 saturated heterocycles. The van der Waals surface area contributed by atoms with Gasteiger partial charge in [0.05, 0.1) is 11.5 Å². The van der Waals surface area contributed by atoms with Crippen LogP contribution in [0.5, 0.6) is 0 Å². The van der Waals surface area contributed by atoms with Gasteiger partial charge in [0.15, 0.2) is 5.60 Å². The van der Waals surface area contributed by atoms with Crippen LogP contribution >= 0.6 is 15.9 Å². The number of oxazole rings is 1. The summed E-state index contributed by atoms with van der Waals surface area (Å²) in [6, 6.07) is 9.80. The minimum Gasteiger partial charge on any atom is -0.441 e. The molecule has 21 heavy (non-hydrogen) atoms.